The van der Waals surface area contributed by atoms with E-state index in [1.165, 1.54) is 6.26 Å². The lowest BCUT2D eigenvalue weighted by Crippen LogP contribution is -2.32. The molecule has 98 valence electrons. The standard InChI is InChI=1S/C12H16N2O3S/c1-8-4-3-5-9-6-11(17-12(8)9)10(14-13)7-18(2,15)16/h3-6,10,14H,7,13H2,1-2H3. The quantitative estimate of drug-likeness (QED) is 0.644. The van der Waals surface area contributed by atoms with E-state index >= 15 is 0 Å². The van der Waals surface area contributed by atoms with E-state index in [9.17, 15) is 8.42 Å². The van der Waals surface area contributed by atoms with Crippen LogP contribution in [0.4, 0.5) is 0 Å². The van der Waals surface area contributed by atoms with Gasteiger partial charge in [0.15, 0.2) is 0 Å². The van der Waals surface area contributed by atoms with Crippen molar-refractivity contribution in [1.29, 1.82) is 0 Å². The van der Waals surface area contributed by atoms with Crippen LogP contribution in [0.1, 0.15) is 17.4 Å². The van der Waals surface area contributed by atoms with E-state index < -0.39 is 15.9 Å². The molecule has 2 aromatic rings. The van der Waals surface area contributed by atoms with Crippen LogP contribution in [0.25, 0.3) is 11.0 Å². The first-order chi connectivity index (χ1) is 8.40. The Bertz CT molecular complexity index is 661. The van der Waals surface area contributed by atoms with Crippen LogP contribution in [-0.2, 0) is 9.84 Å². The lowest BCUT2D eigenvalue weighted by Gasteiger charge is -2.11. The molecule has 1 aromatic heterocycles. The highest BCUT2D eigenvalue weighted by Gasteiger charge is 2.20. The van der Waals surface area contributed by atoms with E-state index in [1.807, 2.05) is 31.2 Å². The first-order valence-corrected chi connectivity index (χ1v) is 7.59. The largest absolute Gasteiger partial charge is 0.459 e. The molecule has 1 unspecified atom stereocenters. The summed E-state index contributed by atoms with van der Waals surface area (Å²) in [5, 5.41) is 0.943. The molecule has 18 heavy (non-hydrogen) atoms. The molecule has 0 fully saturated rings. The summed E-state index contributed by atoms with van der Waals surface area (Å²) in [5.41, 5.74) is 4.26. The van der Waals surface area contributed by atoms with E-state index in [2.05, 4.69) is 5.43 Å². The van der Waals surface area contributed by atoms with Crippen LogP contribution in [0.15, 0.2) is 28.7 Å². The van der Waals surface area contributed by atoms with Gasteiger partial charge in [0.05, 0.1) is 11.8 Å². The third-order valence-electron chi connectivity index (χ3n) is 2.77. The first-order valence-electron chi connectivity index (χ1n) is 5.53. The zero-order valence-corrected chi connectivity index (χ0v) is 11.1. The number of furan rings is 1. The molecule has 6 heteroatoms. The Morgan fingerprint density at radius 2 is 2.17 bits per heavy atom. The highest BCUT2D eigenvalue weighted by atomic mass is 32.2. The van der Waals surface area contributed by atoms with Gasteiger partial charge in [0, 0.05) is 11.6 Å². The number of nitrogens with two attached hydrogens (primary N) is 1. The van der Waals surface area contributed by atoms with Gasteiger partial charge in [-0.2, -0.15) is 0 Å². The Labute approximate surface area is 106 Å². The summed E-state index contributed by atoms with van der Waals surface area (Å²) in [5.74, 6) is 5.84. The maximum absolute atomic E-state index is 11.3. The number of rotatable bonds is 4. The Hall–Kier alpha value is -1.37. The molecule has 1 heterocycles. The smallest absolute Gasteiger partial charge is 0.149 e. The highest BCUT2D eigenvalue weighted by Crippen LogP contribution is 2.26. The minimum absolute atomic E-state index is 0.0949. The van der Waals surface area contributed by atoms with Crippen molar-refractivity contribution >= 4 is 20.8 Å². The lowest BCUT2D eigenvalue weighted by atomic mass is 10.1. The average Bonchev–Trinajstić information content (AvgIpc) is 2.70. The van der Waals surface area contributed by atoms with E-state index in [0.717, 1.165) is 16.5 Å². The van der Waals surface area contributed by atoms with Gasteiger partial charge in [-0.3, -0.25) is 5.84 Å². The summed E-state index contributed by atoms with van der Waals surface area (Å²) in [6.45, 7) is 1.94. The molecule has 0 radical (unpaired) electrons. The Morgan fingerprint density at radius 1 is 1.44 bits per heavy atom. The van der Waals surface area contributed by atoms with Crippen LogP contribution in [0.3, 0.4) is 0 Å². The van der Waals surface area contributed by atoms with Gasteiger partial charge in [-0.25, -0.2) is 13.8 Å². The van der Waals surface area contributed by atoms with Crippen LogP contribution in [0.5, 0.6) is 0 Å². The second-order valence-corrected chi connectivity index (χ2v) is 6.64. The number of nitrogens with one attached hydrogen (secondary N) is 1. The van der Waals surface area contributed by atoms with Gasteiger partial charge in [-0.05, 0) is 18.6 Å². The zero-order chi connectivity index (χ0) is 13.3. The Balaban J connectivity index is 2.43. The molecular weight excluding hydrogens is 252 g/mol. The SMILES string of the molecule is Cc1cccc2cc(C(CS(C)(=O)=O)NN)oc12. The Morgan fingerprint density at radius 3 is 2.72 bits per heavy atom. The van der Waals surface area contributed by atoms with E-state index in [1.54, 1.807) is 0 Å². The zero-order valence-electron chi connectivity index (χ0n) is 10.3. The number of hydrogen-bond donors (Lipinski definition) is 2. The second-order valence-electron chi connectivity index (χ2n) is 4.45. The molecule has 2 rings (SSSR count). The van der Waals surface area contributed by atoms with Gasteiger partial charge >= 0.3 is 0 Å². The minimum Gasteiger partial charge on any atom is -0.459 e. The van der Waals surface area contributed by atoms with Crippen molar-refractivity contribution in [2.24, 2.45) is 5.84 Å². The molecule has 1 aromatic carbocycles. The normalized spacial score (nSPS) is 13.9. The predicted molar refractivity (Wildman–Crippen MR) is 70.7 cm³/mol. The average molecular weight is 268 g/mol. The summed E-state index contributed by atoms with van der Waals surface area (Å²) >= 11 is 0. The summed E-state index contributed by atoms with van der Waals surface area (Å²) in [7, 11) is -3.13. The summed E-state index contributed by atoms with van der Waals surface area (Å²) in [6, 6.07) is 7.07. The first kappa shape index (κ1) is 13.1. The van der Waals surface area contributed by atoms with Gasteiger partial charge in [-0.1, -0.05) is 18.2 Å². The molecule has 0 spiro atoms. The van der Waals surface area contributed by atoms with Gasteiger partial charge in [0.1, 0.15) is 21.2 Å². The molecule has 0 aliphatic heterocycles. The van der Waals surface area contributed by atoms with Crippen molar-refractivity contribution in [3.8, 4) is 0 Å². The summed E-state index contributed by atoms with van der Waals surface area (Å²) in [4.78, 5) is 0. The van der Waals surface area contributed by atoms with Crippen molar-refractivity contribution in [3.05, 3.63) is 35.6 Å². The maximum atomic E-state index is 11.3. The van der Waals surface area contributed by atoms with Crippen molar-refractivity contribution in [3.63, 3.8) is 0 Å². The number of sulfone groups is 1. The third kappa shape index (κ3) is 2.72. The second kappa shape index (κ2) is 4.72. The van der Waals surface area contributed by atoms with Crippen molar-refractivity contribution in [2.75, 3.05) is 12.0 Å². The molecule has 0 aliphatic carbocycles. The van der Waals surface area contributed by atoms with E-state index in [-0.39, 0.29) is 5.75 Å². The fourth-order valence-electron chi connectivity index (χ4n) is 1.92. The molecular formula is C12H16N2O3S. The van der Waals surface area contributed by atoms with Gasteiger partial charge in [0.25, 0.3) is 0 Å². The van der Waals surface area contributed by atoms with Crippen molar-refractivity contribution in [1.82, 2.24) is 5.43 Å². The van der Waals surface area contributed by atoms with Crippen LogP contribution >= 0.6 is 0 Å². The topological polar surface area (TPSA) is 85.3 Å². The van der Waals surface area contributed by atoms with Crippen LogP contribution in [0.2, 0.25) is 0 Å². The van der Waals surface area contributed by atoms with Crippen molar-refractivity contribution < 1.29 is 12.8 Å². The fraction of sp³-hybridized carbons (Fsp3) is 0.333. The number of hydrogen-bond acceptors (Lipinski definition) is 5. The summed E-state index contributed by atoms with van der Waals surface area (Å²) in [6.07, 6.45) is 1.17. The monoisotopic (exact) mass is 268 g/mol. The molecule has 0 aliphatic rings. The maximum Gasteiger partial charge on any atom is 0.149 e. The van der Waals surface area contributed by atoms with Crippen LogP contribution < -0.4 is 11.3 Å². The molecule has 0 bridgehead atoms. The molecule has 0 amide bonds. The highest BCUT2D eigenvalue weighted by molar-refractivity contribution is 7.90. The van der Waals surface area contributed by atoms with Crippen LogP contribution in [0, 0.1) is 6.92 Å². The number of aryl methyl sites for hydroxylation is 1. The number of benzene rings is 1. The van der Waals surface area contributed by atoms with E-state index in [0.29, 0.717) is 5.76 Å². The third-order valence-corrected chi connectivity index (χ3v) is 3.71. The lowest BCUT2D eigenvalue weighted by molar-refractivity contribution is 0.456. The molecule has 1 atom stereocenters. The predicted octanol–water partition coefficient (Wildman–Crippen LogP) is 1.29. The van der Waals surface area contributed by atoms with Gasteiger partial charge in [-0.15, -0.1) is 0 Å². The number of hydrazine groups is 1. The van der Waals surface area contributed by atoms with Gasteiger partial charge in [0.2, 0.25) is 0 Å². The number of para-hydroxylation sites is 1. The van der Waals surface area contributed by atoms with E-state index in [4.69, 9.17) is 10.3 Å². The van der Waals surface area contributed by atoms with Crippen molar-refractivity contribution in [2.45, 2.75) is 13.0 Å². The molecule has 0 saturated heterocycles. The molecule has 0 saturated carbocycles. The Kier molecular flexibility index (Phi) is 3.43. The molecule has 5 nitrogen and oxygen atoms in total. The minimum atomic E-state index is -3.13. The summed E-state index contributed by atoms with van der Waals surface area (Å²) < 4.78 is 28.3. The molecule has 3 N–H and O–H groups in total. The fourth-order valence-corrected chi connectivity index (χ4v) is 2.78. The van der Waals surface area contributed by atoms with Gasteiger partial charge < -0.3 is 4.42 Å². The number of fused-ring (bicyclic) bond motifs is 1. The van der Waals surface area contributed by atoms with Crippen LogP contribution in [-0.4, -0.2) is 20.4 Å².